The van der Waals surface area contributed by atoms with Crippen LogP contribution in [-0.2, 0) is 20.8 Å². The molecule has 1 heterocycles. The van der Waals surface area contributed by atoms with Gasteiger partial charge in [-0.25, -0.2) is 0 Å². The Hall–Kier alpha value is -3.21. The summed E-state index contributed by atoms with van der Waals surface area (Å²) in [6.07, 6.45) is 2.97. The Morgan fingerprint density at radius 1 is 1.12 bits per heavy atom. The minimum absolute atomic E-state index is 0.173. The molecule has 0 aromatic heterocycles. The van der Waals surface area contributed by atoms with Gasteiger partial charge < -0.3 is 9.90 Å². The molecular weight excluding hydrogens is 318 g/mol. The van der Waals surface area contributed by atoms with Crippen molar-refractivity contribution in [3.63, 3.8) is 0 Å². The van der Waals surface area contributed by atoms with E-state index in [1.807, 2.05) is 30.3 Å². The lowest BCUT2D eigenvalue weighted by atomic mass is 9.98. The van der Waals surface area contributed by atoms with Gasteiger partial charge in [0.1, 0.15) is 0 Å². The number of rotatable bonds is 5. The lowest BCUT2D eigenvalue weighted by Crippen LogP contribution is -2.30. The van der Waals surface area contributed by atoms with Gasteiger partial charge in [0, 0.05) is 6.42 Å². The Balaban J connectivity index is 1.81. The number of carbonyl (C=O) groups is 3. The van der Waals surface area contributed by atoms with Gasteiger partial charge in [-0.05, 0) is 35.8 Å². The Labute approximate surface area is 145 Å². The van der Waals surface area contributed by atoms with Crippen molar-refractivity contribution in [2.75, 3.05) is 4.90 Å². The third-order valence-corrected chi connectivity index (χ3v) is 4.11. The van der Waals surface area contributed by atoms with E-state index >= 15 is 0 Å². The van der Waals surface area contributed by atoms with Gasteiger partial charge in [-0.2, -0.15) is 0 Å². The summed E-state index contributed by atoms with van der Waals surface area (Å²) in [7, 11) is 0. The molecule has 5 heteroatoms. The van der Waals surface area contributed by atoms with Crippen LogP contribution in [0.25, 0.3) is 6.08 Å². The summed E-state index contributed by atoms with van der Waals surface area (Å²) >= 11 is 0. The molecule has 3 rings (SSSR count). The van der Waals surface area contributed by atoms with E-state index in [1.165, 1.54) is 11.0 Å². The summed E-state index contributed by atoms with van der Waals surface area (Å²) in [5, 5.41) is 10.5. The summed E-state index contributed by atoms with van der Waals surface area (Å²) in [6, 6.07) is 16.2. The van der Waals surface area contributed by atoms with Crippen LogP contribution >= 0.6 is 0 Å². The number of hydrogen-bond acceptors (Lipinski definition) is 4. The number of carboxylic acids is 1. The second-order valence-electron chi connectivity index (χ2n) is 5.91. The van der Waals surface area contributed by atoms with Gasteiger partial charge in [-0.15, -0.1) is 0 Å². The molecule has 2 amide bonds. The Morgan fingerprint density at radius 2 is 1.88 bits per heavy atom. The van der Waals surface area contributed by atoms with Crippen LogP contribution in [0.3, 0.4) is 0 Å². The highest BCUT2D eigenvalue weighted by Crippen LogP contribution is 2.29. The molecule has 2 aromatic carbocycles. The van der Waals surface area contributed by atoms with Gasteiger partial charge in [0.2, 0.25) is 11.8 Å². The Bertz CT molecular complexity index is 842. The minimum Gasteiger partial charge on any atom is -0.545 e. The molecule has 0 radical (unpaired) electrons. The average molecular weight is 334 g/mol. The molecule has 1 saturated heterocycles. The fourth-order valence-electron chi connectivity index (χ4n) is 2.96. The molecule has 25 heavy (non-hydrogen) atoms. The van der Waals surface area contributed by atoms with Crippen molar-refractivity contribution in [1.82, 2.24) is 0 Å². The number of carbonyl (C=O) groups excluding carboxylic acids is 3. The Kier molecular flexibility index (Phi) is 4.75. The maximum atomic E-state index is 12.7. The molecule has 1 atom stereocenters. The van der Waals surface area contributed by atoms with Crippen LogP contribution in [0.5, 0.6) is 0 Å². The number of hydrogen-bond donors (Lipinski definition) is 0. The highest BCUT2D eigenvalue weighted by Gasteiger charge is 2.39. The monoisotopic (exact) mass is 334 g/mol. The maximum absolute atomic E-state index is 12.7. The number of imide groups is 1. The third kappa shape index (κ3) is 3.83. The number of aliphatic carboxylic acids is 1. The molecule has 0 aliphatic carbocycles. The van der Waals surface area contributed by atoms with Crippen molar-refractivity contribution < 1.29 is 19.5 Å². The first kappa shape index (κ1) is 16.6. The van der Waals surface area contributed by atoms with Crippen molar-refractivity contribution in [1.29, 1.82) is 0 Å². The molecule has 0 unspecified atom stereocenters. The van der Waals surface area contributed by atoms with Crippen LogP contribution < -0.4 is 10.0 Å². The van der Waals surface area contributed by atoms with E-state index in [0.29, 0.717) is 17.7 Å². The number of carboxylic acid groups (broad SMARTS) is 1. The van der Waals surface area contributed by atoms with Crippen LogP contribution in [0.4, 0.5) is 5.69 Å². The van der Waals surface area contributed by atoms with Gasteiger partial charge in [-0.1, -0.05) is 48.5 Å². The molecule has 5 nitrogen and oxygen atoms in total. The van der Waals surface area contributed by atoms with Gasteiger partial charge in [0.25, 0.3) is 0 Å². The lowest BCUT2D eigenvalue weighted by molar-refractivity contribution is -0.297. The Morgan fingerprint density at radius 3 is 2.60 bits per heavy atom. The quantitative estimate of drug-likeness (QED) is 0.614. The van der Waals surface area contributed by atoms with Crippen molar-refractivity contribution in [2.24, 2.45) is 5.92 Å². The minimum atomic E-state index is -1.30. The van der Waals surface area contributed by atoms with Crippen LogP contribution in [0.1, 0.15) is 17.5 Å². The standard InChI is InChI=1S/C20H17NO4/c22-18-13-16(11-14-5-2-1-3-6-14)20(25)21(18)17-8-4-7-15(12-17)9-10-19(23)24/h1-10,12,16H,11,13H2,(H,23,24)/p-1/b10-9+/t16-/m1/s1. The second kappa shape index (κ2) is 7.13. The summed E-state index contributed by atoms with van der Waals surface area (Å²) < 4.78 is 0. The molecule has 0 bridgehead atoms. The van der Waals surface area contributed by atoms with Crippen LogP contribution in [0.2, 0.25) is 0 Å². The predicted molar refractivity (Wildman–Crippen MR) is 91.2 cm³/mol. The van der Waals surface area contributed by atoms with Crippen LogP contribution in [-0.4, -0.2) is 17.8 Å². The van der Waals surface area contributed by atoms with Crippen molar-refractivity contribution in [3.05, 3.63) is 71.8 Å². The number of nitrogens with zero attached hydrogens (tertiary/aromatic N) is 1. The summed E-state index contributed by atoms with van der Waals surface area (Å²) in [5.41, 5.74) is 2.04. The normalized spacial score (nSPS) is 17.4. The van der Waals surface area contributed by atoms with E-state index in [9.17, 15) is 19.5 Å². The molecule has 1 aliphatic rings. The molecule has 0 spiro atoms. The molecule has 126 valence electrons. The van der Waals surface area contributed by atoms with E-state index in [2.05, 4.69) is 0 Å². The fourth-order valence-corrected chi connectivity index (χ4v) is 2.96. The number of amides is 2. The zero-order chi connectivity index (χ0) is 17.8. The van der Waals surface area contributed by atoms with Crippen molar-refractivity contribution >= 4 is 29.5 Å². The first-order valence-corrected chi connectivity index (χ1v) is 7.94. The summed E-state index contributed by atoms with van der Waals surface area (Å²) in [6.45, 7) is 0. The molecule has 0 saturated carbocycles. The first-order chi connectivity index (χ1) is 12.0. The summed E-state index contributed by atoms with van der Waals surface area (Å²) in [5.74, 6) is -2.15. The van der Waals surface area contributed by atoms with Crippen molar-refractivity contribution in [3.8, 4) is 0 Å². The molecule has 1 aliphatic heterocycles. The molecule has 1 fully saturated rings. The van der Waals surface area contributed by atoms with E-state index in [-0.39, 0.29) is 24.2 Å². The van der Waals surface area contributed by atoms with Crippen molar-refractivity contribution in [2.45, 2.75) is 12.8 Å². The predicted octanol–water partition coefficient (Wildman–Crippen LogP) is 1.57. The first-order valence-electron chi connectivity index (χ1n) is 7.94. The molecule has 2 aromatic rings. The topological polar surface area (TPSA) is 77.5 Å². The lowest BCUT2D eigenvalue weighted by Gasteiger charge is -2.15. The highest BCUT2D eigenvalue weighted by molar-refractivity contribution is 6.21. The summed E-state index contributed by atoms with van der Waals surface area (Å²) in [4.78, 5) is 36.7. The smallest absolute Gasteiger partial charge is 0.237 e. The second-order valence-corrected chi connectivity index (χ2v) is 5.91. The largest absolute Gasteiger partial charge is 0.545 e. The van der Waals surface area contributed by atoms with Gasteiger partial charge in [0.05, 0.1) is 17.6 Å². The molecular formula is C20H16NO4-. The SMILES string of the molecule is O=C([O-])/C=C/c1cccc(N2C(=O)C[C@@H](Cc3ccccc3)C2=O)c1. The fraction of sp³-hybridized carbons (Fsp3) is 0.150. The molecule has 0 N–H and O–H groups in total. The van der Waals surface area contributed by atoms with Gasteiger partial charge in [0.15, 0.2) is 0 Å². The van der Waals surface area contributed by atoms with E-state index in [1.54, 1.807) is 24.3 Å². The highest BCUT2D eigenvalue weighted by atomic mass is 16.4. The van der Waals surface area contributed by atoms with E-state index in [4.69, 9.17) is 0 Å². The van der Waals surface area contributed by atoms with E-state index in [0.717, 1.165) is 11.6 Å². The van der Waals surface area contributed by atoms with Crippen LogP contribution in [0.15, 0.2) is 60.7 Å². The zero-order valence-corrected chi connectivity index (χ0v) is 13.4. The van der Waals surface area contributed by atoms with Crippen LogP contribution in [0, 0.1) is 5.92 Å². The van der Waals surface area contributed by atoms with Gasteiger partial charge in [-0.3, -0.25) is 14.5 Å². The maximum Gasteiger partial charge on any atom is 0.237 e. The third-order valence-electron chi connectivity index (χ3n) is 4.11. The zero-order valence-electron chi connectivity index (χ0n) is 13.4. The van der Waals surface area contributed by atoms with Gasteiger partial charge >= 0.3 is 0 Å². The average Bonchev–Trinajstić information content (AvgIpc) is 2.88. The number of benzene rings is 2. The van der Waals surface area contributed by atoms with E-state index < -0.39 is 5.97 Å². The number of anilines is 1.